The molecule has 2 nitrogen and oxygen atoms in total. The second-order valence-corrected chi connectivity index (χ2v) is 7.28. The highest BCUT2D eigenvalue weighted by Gasteiger charge is 2.05. The summed E-state index contributed by atoms with van der Waals surface area (Å²) in [6.07, 6.45) is 3.58. The fraction of sp³-hybridized carbons (Fsp3) is 0. The van der Waals surface area contributed by atoms with Gasteiger partial charge in [-0.05, 0) is 72.3 Å². The third-order valence-electron chi connectivity index (χ3n) is 3.65. The number of aliphatic imine (C=N–C) groups is 1. The lowest BCUT2D eigenvalue weighted by atomic mass is 10.1. The molecule has 0 bridgehead atoms. The topological polar surface area (TPSA) is 24.4 Å². The number of nitrogens with one attached hydrogen (secondary N) is 1. The lowest BCUT2D eigenvalue weighted by Gasteiger charge is -2.12. The number of allylic oxidation sites excluding steroid dienone is 1. The number of anilines is 1. The Kier molecular flexibility index (Phi) is 6.81. The Hall–Kier alpha value is -1.97. The van der Waals surface area contributed by atoms with Gasteiger partial charge in [0, 0.05) is 27.6 Å². The first-order valence-corrected chi connectivity index (χ1v) is 9.50. The molecule has 3 aromatic carbocycles. The van der Waals surface area contributed by atoms with Gasteiger partial charge in [0.05, 0.1) is 15.7 Å². The van der Waals surface area contributed by atoms with Crippen LogP contribution in [-0.2, 0) is 0 Å². The molecular formula is C21H14Cl4N2. The molecule has 3 aromatic rings. The molecule has 27 heavy (non-hydrogen) atoms. The Bertz CT molecular complexity index is 978. The summed E-state index contributed by atoms with van der Waals surface area (Å²) >= 11 is 24.1. The Balaban J connectivity index is 1.91. The van der Waals surface area contributed by atoms with Crippen molar-refractivity contribution >= 4 is 69.7 Å². The third kappa shape index (κ3) is 5.75. The molecule has 0 spiro atoms. The van der Waals surface area contributed by atoms with E-state index in [-0.39, 0.29) is 0 Å². The molecule has 6 heteroatoms. The number of halogens is 4. The minimum atomic E-state index is 0.479. The van der Waals surface area contributed by atoms with E-state index in [9.17, 15) is 0 Å². The highest BCUT2D eigenvalue weighted by atomic mass is 35.5. The van der Waals surface area contributed by atoms with E-state index in [2.05, 4.69) is 10.3 Å². The molecule has 0 aliphatic rings. The van der Waals surface area contributed by atoms with E-state index in [0.717, 1.165) is 22.6 Å². The highest BCUT2D eigenvalue weighted by Crippen LogP contribution is 2.27. The Labute approximate surface area is 178 Å². The van der Waals surface area contributed by atoms with Crippen LogP contribution in [0.1, 0.15) is 5.56 Å². The van der Waals surface area contributed by atoms with E-state index in [1.165, 1.54) is 0 Å². The quantitative estimate of drug-likeness (QED) is 0.401. The summed E-state index contributed by atoms with van der Waals surface area (Å²) in [6, 6.07) is 20.1. The van der Waals surface area contributed by atoms with Gasteiger partial charge in [-0.15, -0.1) is 0 Å². The fourth-order valence-electron chi connectivity index (χ4n) is 2.29. The van der Waals surface area contributed by atoms with E-state index in [1.807, 2.05) is 48.5 Å². The van der Waals surface area contributed by atoms with Gasteiger partial charge in [-0.3, -0.25) is 4.99 Å². The van der Waals surface area contributed by atoms with Crippen molar-refractivity contribution in [3.63, 3.8) is 0 Å². The van der Waals surface area contributed by atoms with Crippen molar-refractivity contribution in [3.05, 3.63) is 98.5 Å². The summed E-state index contributed by atoms with van der Waals surface area (Å²) in [7, 11) is 0. The normalized spacial score (nSPS) is 11.8. The van der Waals surface area contributed by atoms with Crippen LogP contribution in [-0.4, -0.2) is 6.21 Å². The second-order valence-electron chi connectivity index (χ2n) is 5.60. The zero-order valence-corrected chi connectivity index (χ0v) is 17.0. The Morgan fingerprint density at radius 1 is 0.741 bits per heavy atom. The molecule has 0 unspecified atom stereocenters. The van der Waals surface area contributed by atoms with Gasteiger partial charge >= 0.3 is 0 Å². The maximum atomic E-state index is 6.18. The summed E-state index contributed by atoms with van der Waals surface area (Å²) in [5.41, 5.74) is 3.38. The van der Waals surface area contributed by atoms with Crippen molar-refractivity contribution in [3.8, 4) is 0 Å². The van der Waals surface area contributed by atoms with Gasteiger partial charge in [0.15, 0.2) is 0 Å². The van der Waals surface area contributed by atoms with E-state index >= 15 is 0 Å². The molecule has 0 aliphatic carbocycles. The highest BCUT2D eigenvalue weighted by molar-refractivity contribution is 6.42. The minimum Gasteiger partial charge on any atom is -0.355 e. The SMILES string of the molecule is Clc1ccc(N=C/C=C(/Nc2ccc(Cl)cc2)c2ccc(Cl)c(Cl)c2)cc1. The number of rotatable bonds is 5. The number of nitrogens with zero attached hydrogens (tertiary/aromatic N) is 1. The first-order chi connectivity index (χ1) is 13.0. The maximum absolute atomic E-state index is 6.18. The average molecular weight is 436 g/mol. The molecule has 3 rings (SSSR count). The summed E-state index contributed by atoms with van der Waals surface area (Å²) in [5.74, 6) is 0. The summed E-state index contributed by atoms with van der Waals surface area (Å²) in [6.45, 7) is 0. The van der Waals surface area contributed by atoms with Gasteiger partial charge in [0.2, 0.25) is 0 Å². The Morgan fingerprint density at radius 2 is 1.37 bits per heavy atom. The lowest BCUT2D eigenvalue weighted by molar-refractivity contribution is 1.52. The largest absolute Gasteiger partial charge is 0.355 e. The fourth-order valence-corrected chi connectivity index (χ4v) is 2.84. The number of hydrogen-bond donors (Lipinski definition) is 1. The number of hydrogen-bond acceptors (Lipinski definition) is 2. The van der Waals surface area contributed by atoms with Crippen molar-refractivity contribution < 1.29 is 0 Å². The zero-order valence-electron chi connectivity index (χ0n) is 14.0. The molecule has 0 radical (unpaired) electrons. The molecule has 0 heterocycles. The van der Waals surface area contributed by atoms with Crippen LogP contribution in [0.2, 0.25) is 20.1 Å². The van der Waals surface area contributed by atoms with Crippen LogP contribution in [0.4, 0.5) is 11.4 Å². The third-order valence-corrected chi connectivity index (χ3v) is 4.89. The molecular weight excluding hydrogens is 422 g/mol. The predicted molar refractivity (Wildman–Crippen MR) is 119 cm³/mol. The molecule has 0 saturated heterocycles. The van der Waals surface area contributed by atoms with Crippen molar-refractivity contribution in [2.45, 2.75) is 0 Å². The molecule has 1 N–H and O–H groups in total. The Morgan fingerprint density at radius 3 is 2.00 bits per heavy atom. The first kappa shape index (κ1) is 19.8. The van der Waals surface area contributed by atoms with E-state index in [0.29, 0.717) is 20.1 Å². The van der Waals surface area contributed by atoms with Crippen LogP contribution in [0.5, 0.6) is 0 Å². The summed E-state index contributed by atoms with van der Waals surface area (Å²) in [5, 5.41) is 5.68. The van der Waals surface area contributed by atoms with Crippen LogP contribution in [0.15, 0.2) is 77.8 Å². The van der Waals surface area contributed by atoms with Gasteiger partial charge < -0.3 is 5.32 Å². The van der Waals surface area contributed by atoms with E-state index < -0.39 is 0 Å². The van der Waals surface area contributed by atoms with Crippen LogP contribution < -0.4 is 5.32 Å². The van der Waals surface area contributed by atoms with Crippen molar-refractivity contribution in [1.29, 1.82) is 0 Å². The molecule has 0 amide bonds. The van der Waals surface area contributed by atoms with Gasteiger partial charge in [0.25, 0.3) is 0 Å². The summed E-state index contributed by atoms with van der Waals surface area (Å²) < 4.78 is 0. The van der Waals surface area contributed by atoms with Crippen LogP contribution >= 0.6 is 46.4 Å². The van der Waals surface area contributed by atoms with Crippen LogP contribution in [0, 0.1) is 0 Å². The van der Waals surface area contributed by atoms with E-state index in [1.54, 1.807) is 30.5 Å². The molecule has 0 atom stereocenters. The molecule has 0 saturated carbocycles. The van der Waals surface area contributed by atoms with Gasteiger partial charge in [-0.2, -0.15) is 0 Å². The number of benzene rings is 3. The van der Waals surface area contributed by atoms with Gasteiger partial charge in [-0.1, -0.05) is 52.5 Å². The summed E-state index contributed by atoms with van der Waals surface area (Å²) in [4.78, 5) is 4.43. The zero-order chi connectivity index (χ0) is 19.2. The smallest absolute Gasteiger partial charge is 0.0630 e. The van der Waals surface area contributed by atoms with Crippen LogP contribution in [0.3, 0.4) is 0 Å². The maximum Gasteiger partial charge on any atom is 0.0630 e. The molecule has 0 aliphatic heterocycles. The van der Waals surface area contributed by atoms with Crippen molar-refractivity contribution in [1.82, 2.24) is 0 Å². The monoisotopic (exact) mass is 434 g/mol. The van der Waals surface area contributed by atoms with Crippen LogP contribution in [0.25, 0.3) is 5.70 Å². The minimum absolute atomic E-state index is 0.479. The first-order valence-electron chi connectivity index (χ1n) is 7.99. The molecule has 136 valence electrons. The van der Waals surface area contributed by atoms with Crippen molar-refractivity contribution in [2.75, 3.05) is 5.32 Å². The van der Waals surface area contributed by atoms with Gasteiger partial charge in [-0.25, -0.2) is 0 Å². The molecule has 0 fully saturated rings. The standard InChI is InChI=1S/C21H14Cl4N2/c22-15-2-6-17(7-3-15)26-12-11-21(14-1-10-19(24)20(25)13-14)27-18-8-4-16(23)5-9-18/h1-13,27H/b21-11+,26-12?. The average Bonchev–Trinajstić information content (AvgIpc) is 2.66. The van der Waals surface area contributed by atoms with E-state index in [4.69, 9.17) is 46.4 Å². The molecule has 0 aromatic heterocycles. The lowest BCUT2D eigenvalue weighted by Crippen LogP contribution is -1.99. The van der Waals surface area contributed by atoms with Crippen molar-refractivity contribution in [2.24, 2.45) is 4.99 Å². The second kappa shape index (κ2) is 9.29. The van der Waals surface area contributed by atoms with Gasteiger partial charge in [0.1, 0.15) is 0 Å². The predicted octanol–water partition coefficient (Wildman–Crippen LogP) is 8.16.